The summed E-state index contributed by atoms with van der Waals surface area (Å²) in [6.45, 7) is 2.02. The number of likely N-dealkylation sites (N-methyl/N-ethyl adjacent to an activating group) is 1. The first-order valence-electron chi connectivity index (χ1n) is 10.2. The lowest BCUT2D eigenvalue weighted by Crippen LogP contribution is -2.52. The van der Waals surface area contributed by atoms with Crippen LogP contribution in [0.2, 0.25) is 5.02 Å². The minimum Gasteiger partial charge on any atom is -0.491 e. The first kappa shape index (κ1) is 22.3. The molecule has 32 heavy (non-hydrogen) atoms. The molecule has 170 valence electrons. The van der Waals surface area contributed by atoms with Crippen LogP contribution in [0.3, 0.4) is 0 Å². The Labute approximate surface area is 188 Å². The van der Waals surface area contributed by atoms with Crippen molar-refractivity contribution < 1.29 is 23.8 Å². The van der Waals surface area contributed by atoms with E-state index in [0.29, 0.717) is 13.0 Å². The SMILES string of the molecule is CCC12CC(O)c3c(C(=O)NCc4cccc(Cl)c4F)c(=O)c(OC)c(n31)C(=O)N(C)C2. The second-order valence-electron chi connectivity index (χ2n) is 8.16. The van der Waals surface area contributed by atoms with Crippen molar-refractivity contribution in [3.8, 4) is 5.75 Å². The van der Waals surface area contributed by atoms with Gasteiger partial charge in [-0.3, -0.25) is 14.4 Å². The lowest BCUT2D eigenvalue weighted by Gasteiger charge is -2.41. The zero-order valence-electron chi connectivity index (χ0n) is 17.9. The minimum atomic E-state index is -1.13. The number of carbonyl (C=O) groups excluding carboxylic acids is 2. The summed E-state index contributed by atoms with van der Waals surface area (Å²) in [4.78, 5) is 40.8. The molecule has 2 atom stereocenters. The highest BCUT2D eigenvalue weighted by atomic mass is 35.5. The fourth-order valence-corrected chi connectivity index (χ4v) is 5.02. The van der Waals surface area contributed by atoms with E-state index in [1.54, 1.807) is 17.7 Å². The van der Waals surface area contributed by atoms with Crippen LogP contribution in [0.4, 0.5) is 4.39 Å². The quantitative estimate of drug-likeness (QED) is 0.708. The summed E-state index contributed by atoms with van der Waals surface area (Å²) in [6, 6.07) is 4.40. The zero-order valence-corrected chi connectivity index (χ0v) is 18.6. The number of nitrogens with zero attached hydrogens (tertiary/aromatic N) is 2. The molecule has 0 radical (unpaired) electrons. The lowest BCUT2D eigenvalue weighted by molar-refractivity contribution is 0.0567. The number of aliphatic hydroxyl groups excluding tert-OH is 1. The average molecular weight is 464 g/mol. The summed E-state index contributed by atoms with van der Waals surface area (Å²) in [7, 11) is 2.88. The Morgan fingerprint density at radius 1 is 1.41 bits per heavy atom. The fraction of sp³-hybridized carbons (Fsp3) is 0.409. The number of pyridine rings is 1. The van der Waals surface area contributed by atoms with Crippen LogP contribution >= 0.6 is 11.6 Å². The first-order chi connectivity index (χ1) is 15.2. The van der Waals surface area contributed by atoms with Gasteiger partial charge in [0.1, 0.15) is 11.4 Å². The van der Waals surface area contributed by atoms with Gasteiger partial charge in [-0.2, -0.15) is 0 Å². The predicted molar refractivity (Wildman–Crippen MR) is 115 cm³/mol. The van der Waals surface area contributed by atoms with Crippen molar-refractivity contribution in [2.75, 3.05) is 20.7 Å². The van der Waals surface area contributed by atoms with Gasteiger partial charge in [0.15, 0.2) is 11.4 Å². The number of halogens is 2. The predicted octanol–water partition coefficient (Wildman–Crippen LogP) is 2.21. The number of hydrogen-bond acceptors (Lipinski definition) is 5. The maximum atomic E-state index is 14.2. The molecule has 2 aromatic rings. The molecule has 2 unspecified atom stereocenters. The first-order valence-corrected chi connectivity index (χ1v) is 10.6. The molecule has 0 spiro atoms. The number of benzene rings is 1. The lowest BCUT2D eigenvalue weighted by atomic mass is 9.89. The standard InChI is InChI=1S/C22H23ClFN3O5/c1-4-22-8-13(28)16-14(20(30)25-9-11-6-5-7-12(23)15(11)24)18(29)19(32-3)17(27(16)22)21(31)26(2)10-22/h5-7,13,28H,4,8-10H2,1-3H3,(H,25,30). The maximum absolute atomic E-state index is 14.2. The van der Waals surface area contributed by atoms with Crippen LogP contribution in [0, 0.1) is 5.82 Å². The van der Waals surface area contributed by atoms with E-state index in [1.165, 1.54) is 24.1 Å². The number of carbonyl (C=O) groups is 2. The molecule has 8 nitrogen and oxygen atoms in total. The van der Waals surface area contributed by atoms with Crippen LogP contribution in [0.15, 0.2) is 23.0 Å². The molecule has 2 amide bonds. The van der Waals surface area contributed by atoms with Crippen LogP contribution in [0.1, 0.15) is 58.0 Å². The number of nitrogens with one attached hydrogen (secondary N) is 1. The topological polar surface area (TPSA) is 101 Å². The number of hydrogen-bond donors (Lipinski definition) is 2. The van der Waals surface area contributed by atoms with Gasteiger partial charge in [-0.1, -0.05) is 30.7 Å². The molecule has 0 saturated heterocycles. The van der Waals surface area contributed by atoms with Gasteiger partial charge in [0.25, 0.3) is 11.8 Å². The summed E-state index contributed by atoms with van der Waals surface area (Å²) in [5, 5.41) is 13.3. The third-order valence-corrected chi connectivity index (χ3v) is 6.67. The molecular weight excluding hydrogens is 441 g/mol. The van der Waals surface area contributed by atoms with E-state index in [-0.39, 0.29) is 46.3 Å². The van der Waals surface area contributed by atoms with Crippen molar-refractivity contribution in [2.24, 2.45) is 0 Å². The molecule has 4 rings (SSSR count). The van der Waals surface area contributed by atoms with Crippen LogP contribution in [0.25, 0.3) is 0 Å². The number of ether oxygens (including phenoxy) is 1. The molecule has 0 saturated carbocycles. The Hall–Kier alpha value is -2.91. The Kier molecular flexibility index (Phi) is 5.50. The molecule has 3 heterocycles. The van der Waals surface area contributed by atoms with Gasteiger partial charge in [-0.05, 0) is 12.5 Å². The van der Waals surface area contributed by atoms with Crippen molar-refractivity contribution in [1.82, 2.24) is 14.8 Å². The molecule has 2 aliphatic rings. The summed E-state index contributed by atoms with van der Waals surface area (Å²) < 4.78 is 21.1. The smallest absolute Gasteiger partial charge is 0.274 e. The highest BCUT2D eigenvalue weighted by Crippen LogP contribution is 2.47. The Morgan fingerprint density at radius 2 is 2.12 bits per heavy atom. The molecular formula is C22H23ClFN3O5. The van der Waals surface area contributed by atoms with Crippen LogP contribution in [-0.2, 0) is 12.1 Å². The molecule has 1 aromatic carbocycles. The van der Waals surface area contributed by atoms with Gasteiger partial charge in [0.2, 0.25) is 5.43 Å². The Balaban J connectivity index is 1.86. The van der Waals surface area contributed by atoms with E-state index >= 15 is 0 Å². The summed E-state index contributed by atoms with van der Waals surface area (Å²) >= 11 is 5.79. The average Bonchev–Trinajstić information content (AvgIpc) is 3.05. The van der Waals surface area contributed by atoms with Gasteiger partial charge < -0.3 is 24.6 Å². The van der Waals surface area contributed by atoms with Gasteiger partial charge in [0.05, 0.1) is 29.5 Å². The molecule has 0 aliphatic carbocycles. The Morgan fingerprint density at radius 3 is 2.78 bits per heavy atom. The van der Waals surface area contributed by atoms with Crippen LogP contribution in [-0.4, -0.2) is 47.1 Å². The second kappa shape index (κ2) is 7.90. The molecule has 2 N–H and O–H groups in total. The van der Waals surface area contributed by atoms with E-state index in [4.69, 9.17) is 16.3 Å². The third-order valence-electron chi connectivity index (χ3n) is 6.37. The molecule has 1 aromatic heterocycles. The van der Waals surface area contributed by atoms with Crippen molar-refractivity contribution in [1.29, 1.82) is 0 Å². The van der Waals surface area contributed by atoms with Crippen LogP contribution < -0.4 is 15.5 Å². The summed E-state index contributed by atoms with van der Waals surface area (Å²) in [6.07, 6.45) is -0.331. The number of amides is 2. The van der Waals surface area contributed by atoms with E-state index in [1.807, 2.05) is 6.92 Å². The highest BCUT2D eigenvalue weighted by molar-refractivity contribution is 6.30. The number of methoxy groups -OCH3 is 1. The van der Waals surface area contributed by atoms with Gasteiger partial charge in [-0.25, -0.2) is 4.39 Å². The molecule has 0 fully saturated rings. The molecule has 2 aliphatic heterocycles. The van der Waals surface area contributed by atoms with E-state index in [2.05, 4.69) is 5.32 Å². The zero-order chi connectivity index (χ0) is 23.4. The summed E-state index contributed by atoms with van der Waals surface area (Å²) in [5.74, 6) is -2.14. The largest absolute Gasteiger partial charge is 0.491 e. The highest BCUT2D eigenvalue weighted by Gasteiger charge is 2.52. The molecule has 0 bridgehead atoms. The summed E-state index contributed by atoms with van der Waals surface area (Å²) in [5.41, 5.74) is -1.54. The fourth-order valence-electron chi connectivity index (χ4n) is 4.82. The van der Waals surface area contributed by atoms with Gasteiger partial charge in [-0.15, -0.1) is 0 Å². The van der Waals surface area contributed by atoms with Gasteiger partial charge in [0, 0.05) is 32.1 Å². The number of aromatic nitrogens is 1. The Bertz CT molecular complexity index is 1200. The van der Waals surface area contributed by atoms with Crippen molar-refractivity contribution in [3.05, 3.63) is 61.8 Å². The van der Waals surface area contributed by atoms with Crippen molar-refractivity contribution in [3.63, 3.8) is 0 Å². The second-order valence-corrected chi connectivity index (χ2v) is 8.57. The van der Waals surface area contributed by atoms with Crippen molar-refractivity contribution >= 4 is 23.4 Å². The van der Waals surface area contributed by atoms with E-state index in [0.717, 1.165) is 0 Å². The number of rotatable bonds is 5. The minimum absolute atomic E-state index is 0.0251. The van der Waals surface area contributed by atoms with Crippen LogP contribution in [0.5, 0.6) is 5.75 Å². The maximum Gasteiger partial charge on any atom is 0.274 e. The normalized spacial score (nSPS) is 21.5. The third kappa shape index (κ3) is 3.10. The van der Waals surface area contributed by atoms with Gasteiger partial charge >= 0.3 is 0 Å². The van der Waals surface area contributed by atoms with E-state index in [9.17, 15) is 23.9 Å². The van der Waals surface area contributed by atoms with Crippen molar-refractivity contribution in [2.45, 2.75) is 38.0 Å². The number of aliphatic hydroxyl groups is 1. The monoisotopic (exact) mass is 463 g/mol. The molecule has 10 heteroatoms. The van der Waals surface area contributed by atoms with E-state index < -0.39 is 34.7 Å².